The van der Waals surface area contributed by atoms with E-state index in [4.69, 9.17) is 4.74 Å². The summed E-state index contributed by atoms with van der Waals surface area (Å²) in [4.78, 5) is 67.1. The zero-order valence-corrected chi connectivity index (χ0v) is 26.2. The van der Waals surface area contributed by atoms with Crippen molar-refractivity contribution in [3.8, 4) is 0 Å². The average molecular weight is 609 g/mol. The predicted octanol–water partition coefficient (Wildman–Crippen LogP) is 2.83. The largest absolute Gasteiger partial charge is 0.444 e. The van der Waals surface area contributed by atoms with Crippen LogP contribution in [-0.4, -0.2) is 75.7 Å². The van der Waals surface area contributed by atoms with Crippen molar-refractivity contribution in [2.75, 3.05) is 31.1 Å². The summed E-state index contributed by atoms with van der Waals surface area (Å²) in [7, 11) is 1.71. The summed E-state index contributed by atoms with van der Waals surface area (Å²) in [6.07, 6.45) is 5.21. The molecule has 1 aromatic carbocycles. The highest BCUT2D eigenvalue weighted by Gasteiger charge is 2.46. The topological polar surface area (TPSA) is 135 Å². The molecule has 3 aliphatic heterocycles. The molecule has 1 unspecified atom stereocenters. The Morgan fingerprint density at radius 2 is 1.66 bits per heavy atom. The fourth-order valence-electron chi connectivity index (χ4n) is 7.46. The third-order valence-corrected chi connectivity index (χ3v) is 9.95. The van der Waals surface area contributed by atoms with Crippen LogP contribution in [0.3, 0.4) is 0 Å². The minimum atomic E-state index is -0.695. The quantitative estimate of drug-likeness (QED) is 0.510. The van der Waals surface area contributed by atoms with Gasteiger partial charge in [0.05, 0.1) is 11.0 Å². The maximum Gasteiger partial charge on any atom is 0.407 e. The number of aryl methyl sites for hydroxylation is 1. The smallest absolute Gasteiger partial charge is 0.407 e. The molecule has 44 heavy (non-hydrogen) atoms. The summed E-state index contributed by atoms with van der Waals surface area (Å²) >= 11 is 0. The van der Waals surface area contributed by atoms with Gasteiger partial charge in [0.2, 0.25) is 17.7 Å². The monoisotopic (exact) mass is 608 g/mol. The summed E-state index contributed by atoms with van der Waals surface area (Å²) in [5.41, 5.74) is 1.87. The number of rotatable bonds is 4. The van der Waals surface area contributed by atoms with Gasteiger partial charge in [-0.2, -0.15) is 0 Å². The molecule has 12 heteroatoms. The zero-order valence-electron chi connectivity index (χ0n) is 26.2. The van der Waals surface area contributed by atoms with E-state index in [1.165, 1.54) is 4.57 Å². The Hall–Kier alpha value is -3.83. The lowest BCUT2D eigenvalue weighted by atomic mass is 9.71. The Labute approximate surface area is 257 Å². The maximum absolute atomic E-state index is 13.3. The molecule has 1 atom stereocenters. The van der Waals surface area contributed by atoms with Gasteiger partial charge in [-0.05, 0) is 83.9 Å². The number of imide groups is 1. The van der Waals surface area contributed by atoms with Gasteiger partial charge < -0.3 is 19.9 Å². The molecule has 12 nitrogen and oxygen atoms in total. The molecule has 4 aliphatic rings. The van der Waals surface area contributed by atoms with Gasteiger partial charge in [0, 0.05) is 62.7 Å². The molecule has 4 heterocycles. The van der Waals surface area contributed by atoms with Crippen molar-refractivity contribution in [3.63, 3.8) is 0 Å². The number of piperidine rings is 2. The first-order chi connectivity index (χ1) is 20.8. The maximum atomic E-state index is 13.3. The van der Waals surface area contributed by atoms with Gasteiger partial charge >= 0.3 is 11.8 Å². The summed E-state index contributed by atoms with van der Waals surface area (Å²) in [6, 6.07) is 5.28. The number of hydrogen-bond acceptors (Lipinski definition) is 7. The SMILES string of the molecule is Cn1c(=O)n(C2CCC(=O)NC2=O)c2ccc(N3CC4(CCN(C(=O)C5CCC(NC(=O)OC(C)(C)C)CC5)CC4)C3)cc21. The number of carbonyl (C=O) groups excluding carboxylic acids is 4. The Bertz CT molecular complexity index is 1530. The molecule has 6 rings (SSSR count). The fourth-order valence-corrected chi connectivity index (χ4v) is 7.46. The van der Waals surface area contributed by atoms with Gasteiger partial charge in [-0.15, -0.1) is 0 Å². The number of benzene rings is 1. The van der Waals surface area contributed by atoms with Crippen LogP contribution in [-0.2, 0) is 26.2 Å². The molecule has 1 spiro atoms. The van der Waals surface area contributed by atoms with Gasteiger partial charge in [-0.1, -0.05) is 0 Å². The highest BCUT2D eigenvalue weighted by molar-refractivity contribution is 6.00. The molecule has 238 valence electrons. The minimum Gasteiger partial charge on any atom is -0.444 e. The third-order valence-electron chi connectivity index (χ3n) is 9.95. The second-order valence-electron chi connectivity index (χ2n) is 14.2. The van der Waals surface area contributed by atoms with E-state index in [1.807, 2.05) is 43.9 Å². The molecular weight excluding hydrogens is 564 g/mol. The second kappa shape index (κ2) is 11.3. The van der Waals surface area contributed by atoms with Gasteiger partial charge in [0.15, 0.2) is 0 Å². The Morgan fingerprint density at radius 1 is 0.977 bits per heavy atom. The highest BCUT2D eigenvalue weighted by atomic mass is 16.6. The number of likely N-dealkylation sites (tertiary alicyclic amines) is 1. The molecule has 2 N–H and O–H groups in total. The van der Waals surface area contributed by atoms with Crippen LogP contribution in [0.4, 0.5) is 10.5 Å². The number of ether oxygens (including phenoxy) is 1. The van der Waals surface area contributed by atoms with Crippen molar-refractivity contribution in [2.24, 2.45) is 18.4 Å². The van der Waals surface area contributed by atoms with E-state index >= 15 is 0 Å². The zero-order chi connectivity index (χ0) is 31.4. The summed E-state index contributed by atoms with van der Waals surface area (Å²) in [6.45, 7) is 8.90. The van der Waals surface area contributed by atoms with Crippen LogP contribution >= 0.6 is 0 Å². The highest BCUT2D eigenvalue weighted by Crippen LogP contribution is 2.43. The molecule has 1 aliphatic carbocycles. The lowest BCUT2D eigenvalue weighted by molar-refractivity contribution is -0.139. The molecular formula is C32H44N6O6. The molecule has 1 aromatic heterocycles. The number of fused-ring (bicyclic) bond motifs is 1. The fraction of sp³-hybridized carbons (Fsp3) is 0.656. The first-order valence-corrected chi connectivity index (χ1v) is 15.9. The summed E-state index contributed by atoms with van der Waals surface area (Å²) < 4.78 is 8.46. The number of carbonyl (C=O) groups is 4. The molecule has 4 amide bonds. The van der Waals surface area contributed by atoms with Crippen LogP contribution in [0.1, 0.15) is 78.2 Å². The van der Waals surface area contributed by atoms with E-state index in [2.05, 4.69) is 15.5 Å². The van der Waals surface area contributed by atoms with Crippen molar-refractivity contribution < 1.29 is 23.9 Å². The summed E-state index contributed by atoms with van der Waals surface area (Å²) in [5, 5.41) is 5.31. The van der Waals surface area contributed by atoms with Crippen LogP contribution in [0.5, 0.6) is 0 Å². The number of alkyl carbamates (subject to hydrolysis) is 1. The number of hydrogen-bond donors (Lipinski definition) is 2. The van der Waals surface area contributed by atoms with Crippen LogP contribution in [0.15, 0.2) is 23.0 Å². The number of imidazole rings is 1. The first-order valence-electron chi connectivity index (χ1n) is 15.9. The molecule has 0 radical (unpaired) electrons. The van der Waals surface area contributed by atoms with Crippen LogP contribution in [0.25, 0.3) is 11.0 Å². The number of nitrogens with zero attached hydrogens (tertiary/aromatic N) is 4. The summed E-state index contributed by atoms with van der Waals surface area (Å²) in [5.74, 6) is -0.471. The number of amides is 4. The van der Waals surface area contributed by atoms with Gasteiger partial charge in [-0.25, -0.2) is 9.59 Å². The van der Waals surface area contributed by atoms with Crippen molar-refractivity contribution in [3.05, 3.63) is 28.7 Å². The Balaban J connectivity index is 1.01. The van der Waals surface area contributed by atoms with E-state index in [9.17, 15) is 24.0 Å². The normalized spacial score (nSPS) is 25.5. The Kier molecular flexibility index (Phi) is 7.73. The number of nitrogens with one attached hydrogen (secondary N) is 2. The van der Waals surface area contributed by atoms with Gasteiger partial charge in [0.1, 0.15) is 11.6 Å². The van der Waals surface area contributed by atoms with Crippen LogP contribution in [0.2, 0.25) is 0 Å². The van der Waals surface area contributed by atoms with E-state index in [-0.39, 0.29) is 41.3 Å². The number of aromatic nitrogens is 2. The van der Waals surface area contributed by atoms with Crippen LogP contribution in [0, 0.1) is 11.3 Å². The molecule has 1 saturated carbocycles. The number of anilines is 1. The lowest BCUT2D eigenvalue weighted by Crippen LogP contribution is -2.61. The van der Waals surface area contributed by atoms with E-state index in [0.29, 0.717) is 11.9 Å². The van der Waals surface area contributed by atoms with E-state index in [0.717, 1.165) is 75.9 Å². The molecule has 0 bridgehead atoms. The molecule has 3 saturated heterocycles. The predicted molar refractivity (Wildman–Crippen MR) is 164 cm³/mol. The minimum absolute atomic E-state index is 0.0180. The first kappa shape index (κ1) is 30.2. The van der Waals surface area contributed by atoms with Crippen molar-refractivity contribution in [2.45, 2.75) is 89.8 Å². The van der Waals surface area contributed by atoms with E-state index in [1.54, 1.807) is 11.6 Å². The average Bonchev–Trinajstić information content (AvgIpc) is 3.19. The second-order valence-corrected chi connectivity index (χ2v) is 14.2. The van der Waals surface area contributed by atoms with Gasteiger partial charge in [0.25, 0.3) is 0 Å². The molecule has 4 fully saturated rings. The van der Waals surface area contributed by atoms with Crippen LogP contribution < -0.4 is 21.2 Å². The molecule has 2 aromatic rings. The van der Waals surface area contributed by atoms with Crippen molar-refractivity contribution in [1.82, 2.24) is 24.7 Å². The standard InChI is InChI=1S/C32H44N6O6/c1-31(2,3)44-29(42)33-21-7-5-20(6-8-21)28(41)36-15-13-32(14-16-36)18-37(19-32)22-9-10-23-25(17-22)35(4)30(43)38(23)24-11-12-26(39)34-27(24)40/h9-10,17,20-21,24H,5-8,11-16,18-19H2,1-4H3,(H,33,42)(H,34,39,40). The lowest BCUT2D eigenvalue weighted by Gasteiger charge is -2.55. The Morgan fingerprint density at radius 3 is 2.30 bits per heavy atom. The van der Waals surface area contributed by atoms with Crippen molar-refractivity contribution in [1.29, 1.82) is 0 Å². The van der Waals surface area contributed by atoms with E-state index < -0.39 is 23.6 Å². The van der Waals surface area contributed by atoms with Gasteiger partial charge in [-0.3, -0.25) is 28.8 Å². The van der Waals surface area contributed by atoms with Crippen molar-refractivity contribution >= 4 is 40.5 Å². The third kappa shape index (κ3) is 5.82.